The Balaban J connectivity index is 2.23. The van der Waals surface area contributed by atoms with E-state index < -0.39 is 0 Å². The minimum atomic E-state index is -0.349. The van der Waals surface area contributed by atoms with Crippen LogP contribution in [0.1, 0.15) is 25.3 Å². The molecule has 0 radical (unpaired) electrons. The normalized spacial score (nSPS) is 11.3. The molecule has 4 nitrogen and oxygen atoms in total. The molecule has 0 amide bonds. The maximum absolute atomic E-state index is 12.4. The second kappa shape index (κ2) is 5.46. The summed E-state index contributed by atoms with van der Waals surface area (Å²) >= 11 is 6.08. The molecule has 0 bridgehead atoms. The molecule has 1 heterocycles. The lowest BCUT2D eigenvalue weighted by atomic mass is 10.0. The van der Waals surface area contributed by atoms with Crippen molar-refractivity contribution < 1.29 is 0 Å². The van der Waals surface area contributed by atoms with Crippen molar-refractivity contribution in [3.63, 3.8) is 0 Å². The molecule has 112 valence electrons. The van der Waals surface area contributed by atoms with E-state index in [1.165, 1.54) is 5.56 Å². The van der Waals surface area contributed by atoms with Crippen LogP contribution in [0, 0.1) is 0 Å². The Morgan fingerprint density at radius 2 is 1.82 bits per heavy atom. The van der Waals surface area contributed by atoms with Gasteiger partial charge in [0.2, 0.25) is 0 Å². The average molecular weight is 314 g/mol. The van der Waals surface area contributed by atoms with Crippen molar-refractivity contribution in [1.29, 1.82) is 0 Å². The van der Waals surface area contributed by atoms with Gasteiger partial charge in [-0.15, -0.1) is 0 Å². The van der Waals surface area contributed by atoms with Gasteiger partial charge in [0.05, 0.1) is 15.9 Å². The van der Waals surface area contributed by atoms with Crippen LogP contribution in [0.3, 0.4) is 0 Å². The molecule has 0 aliphatic rings. The predicted molar refractivity (Wildman–Crippen MR) is 90.7 cm³/mol. The average Bonchev–Trinajstić information content (AvgIpc) is 2.51. The number of benzene rings is 2. The first-order valence-electron chi connectivity index (χ1n) is 7.05. The van der Waals surface area contributed by atoms with Crippen LogP contribution in [-0.4, -0.2) is 9.66 Å². The first kappa shape index (κ1) is 14.6. The van der Waals surface area contributed by atoms with Gasteiger partial charge in [0.1, 0.15) is 0 Å². The Labute approximate surface area is 133 Å². The number of nitrogens with two attached hydrogens (primary N) is 1. The molecule has 0 saturated carbocycles. The third kappa shape index (κ3) is 2.35. The molecule has 1 aromatic heterocycles. The van der Waals surface area contributed by atoms with Crippen molar-refractivity contribution in [2.24, 2.45) is 0 Å². The summed E-state index contributed by atoms with van der Waals surface area (Å²) in [6.45, 7) is 4.26. The minimum Gasteiger partial charge on any atom is -0.334 e. The van der Waals surface area contributed by atoms with Crippen molar-refractivity contribution in [2.45, 2.75) is 19.8 Å². The number of nitrogen functional groups attached to an aromatic ring is 1. The third-order valence-corrected chi connectivity index (χ3v) is 4.03. The van der Waals surface area contributed by atoms with E-state index in [9.17, 15) is 4.79 Å². The molecule has 0 fully saturated rings. The molecule has 0 saturated heterocycles. The Morgan fingerprint density at radius 3 is 2.45 bits per heavy atom. The van der Waals surface area contributed by atoms with E-state index in [2.05, 4.69) is 18.8 Å². The summed E-state index contributed by atoms with van der Waals surface area (Å²) in [5, 5.41) is 0.699. The van der Waals surface area contributed by atoms with Gasteiger partial charge in [0.25, 0.3) is 5.56 Å². The second-order valence-electron chi connectivity index (χ2n) is 5.52. The van der Waals surface area contributed by atoms with Crippen LogP contribution in [-0.2, 0) is 0 Å². The summed E-state index contributed by atoms with van der Waals surface area (Å²) in [6.07, 6.45) is 0. The summed E-state index contributed by atoms with van der Waals surface area (Å²) < 4.78 is 1.05. The Bertz CT molecular complexity index is 898. The lowest BCUT2D eigenvalue weighted by Crippen LogP contribution is -2.30. The molecule has 0 unspecified atom stereocenters. The van der Waals surface area contributed by atoms with Gasteiger partial charge in [0.15, 0.2) is 5.82 Å². The number of aromatic nitrogens is 2. The number of fused-ring (bicyclic) bond motifs is 1. The highest BCUT2D eigenvalue weighted by atomic mass is 35.5. The van der Waals surface area contributed by atoms with Crippen LogP contribution in [0.2, 0.25) is 5.02 Å². The van der Waals surface area contributed by atoms with Crippen molar-refractivity contribution in [2.75, 3.05) is 5.84 Å². The van der Waals surface area contributed by atoms with E-state index in [-0.39, 0.29) is 5.56 Å². The number of rotatable bonds is 2. The van der Waals surface area contributed by atoms with Crippen molar-refractivity contribution >= 4 is 22.5 Å². The summed E-state index contributed by atoms with van der Waals surface area (Å²) in [7, 11) is 0. The molecule has 0 spiro atoms. The highest BCUT2D eigenvalue weighted by Gasteiger charge is 2.13. The van der Waals surface area contributed by atoms with Gasteiger partial charge >= 0.3 is 0 Å². The molecule has 0 atom stereocenters. The van der Waals surface area contributed by atoms with E-state index in [4.69, 9.17) is 17.4 Å². The molecule has 3 rings (SSSR count). The van der Waals surface area contributed by atoms with Crippen molar-refractivity contribution in [3.8, 4) is 11.4 Å². The van der Waals surface area contributed by atoms with Crippen LogP contribution in [0.15, 0.2) is 47.3 Å². The standard InChI is InChI=1S/C17H16ClN3O/c1-10(2)11-6-8-12(9-7-11)16-20-14-5-3-4-13(18)15(14)17(22)21(16)19/h3-10H,19H2,1-2H3. The second-order valence-corrected chi connectivity index (χ2v) is 5.93. The first-order valence-corrected chi connectivity index (χ1v) is 7.43. The zero-order valence-electron chi connectivity index (χ0n) is 12.4. The molecule has 3 aromatic rings. The van der Waals surface area contributed by atoms with Crippen molar-refractivity contribution in [3.05, 3.63) is 63.4 Å². The largest absolute Gasteiger partial charge is 0.334 e. The molecular weight excluding hydrogens is 298 g/mol. The number of hydrogen-bond acceptors (Lipinski definition) is 3. The van der Waals surface area contributed by atoms with Gasteiger partial charge in [-0.05, 0) is 23.6 Å². The highest BCUT2D eigenvalue weighted by molar-refractivity contribution is 6.35. The number of halogens is 1. The topological polar surface area (TPSA) is 60.9 Å². The Hall–Kier alpha value is -2.33. The van der Waals surface area contributed by atoms with Crippen molar-refractivity contribution in [1.82, 2.24) is 9.66 Å². The van der Waals surface area contributed by atoms with Gasteiger partial charge in [0, 0.05) is 5.56 Å². The van der Waals surface area contributed by atoms with E-state index in [0.717, 1.165) is 10.2 Å². The van der Waals surface area contributed by atoms with E-state index in [1.54, 1.807) is 18.2 Å². The SMILES string of the molecule is CC(C)c1ccc(-c2nc3cccc(Cl)c3c(=O)n2N)cc1. The molecule has 5 heteroatoms. The summed E-state index contributed by atoms with van der Waals surface area (Å²) in [4.78, 5) is 16.9. The maximum Gasteiger partial charge on any atom is 0.281 e. The van der Waals surface area contributed by atoms with Crippen LogP contribution in [0.4, 0.5) is 0 Å². The predicted octanol–water partition coefficient (Wildman–Crippen LogP) is 3.55. The monoisotopic (exact) mass is 313 g/mol. The summed E-state index contributed by atoms with van der Waals surface area (Å²) in [6, 6.07) is 13.1. The van der Waals surface area contributed by atoms with Gasteiger partial charge in [-0.3, -0.25) is 4.79 Å². The van der Waals surface area contributed by atoms with Gasteiger partial charge < -0.3 is 5.84 Å². The Morgan fingerprint density at radius 1 is 1.14 bits per heavy atom. The highest BCUT2D eigenvalue weighted by Crippen LogP contribution is 2.23. The summed E-state index contributed by atoms with van der Waals surface area (Å²) in [5.41, 5.74) is 2.21. The number of hydrogen-bond donors (Lipinski definition) is 1. The fraction of sp³-hybridized carbons (Fsp3) is 0.176. The lowest BCUT2D eigenvalue weighted by Gasteiger charge is -2.11. The molecule has 0 aliphatic carbocycles. The minimum absolute atomic E-state index is 0.342. The van der Waals surface area contributed by atoms with E-state index in [0.29, 0.717) is 27.7 Å². The fourth-order valence-corrected chi connectivity index (χ4v) is 2.67. The van der Waals surface area contributed by atoms with Gasteiger partial charge in [-0.1, -0.05) is 55.8 Å². The van der Waals surface area contributed by atoms with Crippen LogP contribution < -0.4 is 11.4 Å². The Kier molecular flexibility index (Phi) is 3.62. The molecular formula is C17H16ClN3O. The molecule has 2 aromatic carbocycles. The van der Waals surface area contributed by atoms with Gasteiger partial charge in [-0.25, -0.2) is 9.66 Å². The van der Waals surface area contributed by atoms with E-state index in [1.807, 2.05) is 24.3 Å². The third-order valence-electron chi connectivity index (χ3n) is 3.71. The maximum atomic E-state index is 12.4. The molecule has 22 heavy (non-hydrogen) atoms. The zero-order valence-corrected chi connectivity index (χ0v) is 13.1. The van der Waals surface area contributed by atoms with Crippen LogP contribution in [0.5, 0.6) is 0 Å². The lowest BCUT2D eigenvalue weighted by molar-refractivity contribution is 0.866. The van der Waals surface area contributed by atoms with E-state index >= 15 is 0 Å². The molecule has 2 N–H and O–H groups in total. The fourth-order valence-electron chi connectivity index (χ4n) is 2.42. The zero-order chi connectivity index (χ0) is 15.9. The quantitative estimate of drug-likeness (QED) is 0.736. The number of nitrogens with zero attached hydrogens (tertiary/aromatic N) is 2. The van der Waals surface area contributed by atoms with Crippen LogP contribution >= 0.6 is 11.6 Å². The smallest absolute Gasteiger partial charge is 0.281 e. The first-order chi connectivity index (χ1) is 10.5. The van der Waals surface area contributed by atoms with Crippen LogP contribution in [0.25, 0.3) is 22.3 Å². The summed E-state index contributed by atoms with van der Waals surface area (Å²) in [5.74, 6) is 6.80. The molecule has 0 aliphatic heterocycles. The van der Waals surface area contributed by atoms with Gasteiger partial charge in [-0.2, -0.15) is 0 Å².